The number of ether oxygens (including phenoxy) is 3. The molecule has 0 bridgehead atoms. The van der Waals surface area contributed by atoms with Gasteiger partial charge >= 0.3 is 0 Å². The number of hydrogen-bond donors (Lipinski definition) is 2. The summed E-state index contributed by atoms with van der Waals surface area (Å²) < 4.78 is 15.1. The number of aliphatic hydroxyl groups excluding tert-OH is 2. The molecule has 3 atom stereocenters. The maximum atomic E-state index is 8.11. The minimum atomic E-state index is -0.560. The van der Waals surface area contributed by atoms with E-state index in [1.165, 1.54) is 32.6 Å². The monoisotopic (exact) mass is 292 g/mol. The van der Waals surface area contributed by atoms with Gasteiger partial charge in [-0.15, -0.1) is 0 Å². The van der Waals surface area contributed by atoms with Gasteiger partial charge in [0.15, 0.2) is 0 Å². The predicted octanol–water partition coefficient (Wildman–Crippen LogP) is 1.75. The summed E-state index contributed by atoms with van der Waals surface area (Å²) in [5.41, 5.74) is 0. The van der Waals surface area contributed by atoms with E-state index in [1.54, 1.807) is 0 Å². The lowest BCUT2D eigenvalue weighted by molar-refractivity contribution is 0.102. The van der Waals surface area contributed by atoms with Crippen molar-refractivity contribution in [2.24, 2.45) is 0 Å². The molecule has 5 nitrogen and oxygen atoms in total. The van der Waals surface area contributed by atoms with E-state index in [9.17, 15) is 0 Å². The van der Waals surface area contributed by atoms with Gasteiger partial charge in [-0.2, -0.15) is 0 Å². The summed E-state index contributed by atoms with van der Waals surface area (Å²) in [5, 5.41) is 16.0. The highest BCUT2D eigenvalue weighted by atomic mass is 16.6. The molecule has 0 aromatic heterocycles. The van der Waals surface area contributed by atoms with Crippen LogP contribution in [0.3, 0.4) is 0 Å². The Kier molecular flexibility index (Phi) is 13.6. The van der Waals surface area contributed by atoms with Gasteiger partial charge in [0, 0.05) is 0 Å². The number of hydrogen-bond acceptors (Lipinski definition) is 5. The number of epoxide rings is 2. The molecule has 2 aliphatic heterocycles. The van der Waals surface area contributed by atoms with E-state index in [0.717, 1.165) is 26.4 Å². The molecule has 3 unspecified atom stereocenters. The highest BCUT2D eigenvalue weighted by Crippen LogP contribution is 2.12. The molecule has 2 saturated heterocycles. The third kappa shape index (κ3) is 17.8. The normalized spacial score (nSPS) is 23.9. The second kappa shape index (κ2) is 13.8. The van der Waals surface area contributed by atoms with Crippen LogP contribution in [0, 0.1) is 0 Å². The molecule has 0 amide bonds. The summed E-state index contributed by atoms with van der Waals surface area (Å²) in [4.78, 5) is 0. The van der Waals surface area contributed by atoms with Gasteiger partial charge in [-0.1, -0.05) is 39.5 Å². The Balaban J connectivity index is 0.000000291. The Bertz CT molecular complexity index is 175. The zero-order chi connectivity index (χ0) is 15.2. The fourth-order valence-corrected chi connectivity index (χ4v) is 1.16. The van der Waals surface area contributed by atoms with Gasteiger partial charge in [0.1, 0.15) is 12.2 Å². The highest BCUT2D eigenvalue weighted by molar-refractivity contribution is 4.71. The molecule has 0 saturated carbocycles. The highest BCUT2D eigenvalue weighted by Gasteiger charge is 2.26. The molecule has 5 heteroatoms. The van der Waals surface area contributed by atoms with Gasteiger partial charge < -0.3 is 24.4 Å². The molecule has 2 heterocycles. The van der Waals surface area contributed by atoms with Gasteiger partial charge in [0.2, 0.25) is 0 Å². The summed E-state index contributed by atoms with van der Waals surface area (Å²) in [5.74, 6) is 0. The molecule has 0 aromatic carbocycles. The molecule has 0 aliphatic carbocycles. The van der Waals surface area contributed by atoms with Crippen molar-refractivity contribution in [2.45, 2.75) is 64.8 Å². The van der Waals surface area contributed by atoms with E-state index in [4.69, 9.17) is 24.4 Å². The van der Waals surface area contributed by atoms with Gasteiger partial charge in [-0.25, -0.2) is 0 Å². The first-order valence-corrected chi connectivity index (χ1v) is 7.73. The Morgan fingerprint density at radius 1 is 1.05 bits per heavy atom. The fraction of sp³-hybridized carbons (Fsp3) is 1.00. The lowest BCUT2D eigenvalue weighted by atomic mass is 10.2. The fourth-order valence-electron chi connectivity index (χ4n) is 1.16. The van der Waals surface area contributed by atoms with E-state index in [0.29, 0.717) is 12.2 Å². The number of aliphatic hydroxyl groups is 2. The van der Waals surface area contributed by atoms with Crippen LogP contribution in [0.1, 0.15) is 46.5 Å². The van der Waals surface area contributed by atoms with E-state index in [1.807, 2.05) is 0 Å². The molecule has 2 rings (SSSR count). The SMILES string of the molecule is C(OCC1CO1)C1CO1.CC(O)CO.CCCCCC. The summed E-state index contributed by atoms with van der Waals surface area (Å²) in [7, 11) is 0. The maximum Gasteiger partial charge on any atom is 0.104 e. The molecule has 0 spiro atoms. The van der Waals surface area contributed by atoms with Crippen LogP contribution in [0.5, 0.6) is 0 Å². The van der Waals surface area contributed by atoms with Crippen molar-refractivity contribution in [3.63, 3.8) is 0 Å². The summed E-state index contributed by atoms with van der Waals surface area (Å²) in [6, 6.07) is 0. The van der Waals surface area contributed by atoms with E-state index < -0.39 is 6.10 Å². The minimum Gasteiger partial charge on any atom is -0.394 e. The molecule has 122 valence electrons. The molecule has 2 fully saturated rings. The Morgan fingerprint density at radius 2 is 1.40 bits per heavy atom. The topological polar surface area (TPSA) is 74.8 Å². The van der Waals surface area contributed by atoms with Crippen molar-refractivity contribution in [3.05, 3.63) is 0 Å². The lowest BCUT2D eigenvalue weighted by Crippen LogP contribution is -2.06. The average Bonchev–Trinajstić information content (AvgIpc) is 3.32. The van der Waals surface area contributed by atoms with Crippen LogP contribution in [0.25, 0.3) is 0 Å². The van der Waals surface area contributed by atoms with E-state index >= 15 is 0 Å². The molecule has 2 N–H and O–H groups in total. The zero-order valence-electron chi connectivity index (χ0n) is 13.2. The van der Waals surface area contributed by atoms with Crippen molar-refractivity contribution < 1.29 is 24.4 Å². The standard InChI is InChI=1S/C6H10O3.C6H14.C3H8O2/c1(5-3-8-5)7-2-6-4-9-6;1-3-5-6-4-2;1-3(5)2-4/h5-6H,1-4H2;3-6H2,1-2H3;3-5H,2H2,1H3. The Labute approximate surface area is 123 Å². The summed E-state index contributed by atoms with van der Waals surface area (Å²) in [6.45, 7) is 9.11. The van der Waals surface area contributed by atoms with Crippen molar-refractivity contribution in [1.29, 1.82) is 0 Å². The zero-order valence-corrected chi connectivity index (χ0v) is 13.2. The summed E-state index contributed by atoms with van der Waals surface area (Å²) in [6.07, 6.45) is 5.76. The van der Waals surface area contributed by atoms with Crippen molar-refractivity contribution in [2.75, 3.05) is 33.0 Å². The third-order valence-electron chi connectivity index (χ3n) is 2.63. The minimum absolute atomic E-state index is 0.139. The second-order valence-corrected chi connectivity index (χ2v) is 5.19. The summed E-state index contributed by atoms with van der Waals surface area (Å²) >= 11 is 0. The van der Waals surface area contributed by atoms with Crippen LogP contribution in [0.4, 0.5) is 0 Å². The lowest BCUT2D eigenvalue weighted by Gasteiger charge is -1.95. The van der Waals surface area contributed by atoms with Gasteiger partial charge in [0.25, 0.3) is 0 Å². The maximum absolute atomic E-state index is 8.11. The van der Waals surface area contributed by atoms with Gasteiger partial charge in [-0.05, 0) is 6.92 Å². The smallest absolute Gasteiger partial charge is 0.104 e. The molecule has 0 aromatic rings. The molecule has 20 heavy (non-hydrogen) atoms. The van der Waals surface area contributed by atoms with Crippen molar-refractivity contribution in [1.82, 2.24) is 0 Å². The van der Waals surface area contributed by atoms with Crippen molar-refractivity contribution >= 4 is 0 Å². The average molecular weight is 292 g/mol. The van der Waals surface area contributed by atoms with Crippen LogP contribution in [0.15, 0.2) is 0 Å². The van der Waals surface area contributed by atoms with Crippen LogP contribution in [-0.2, 0) is 14.2 Å². The molecular weight excluding hydrogens is 260 g/mol. The van der Waals surface area contributed by atoms with E-state index in [2.05, 4.69) is 13.8 Å². The third-order valence-corrected chi connectivity index (χ3v) is 2.63. The first-order valence-electron chi connectivity index (χ1n) is 7.73. The predicted molar refractivity (Wildman–Crippen MR) is 78.9 cm³/mol. The first-order chi connectivity index (χ1) is 9.63. The largest absolute Gasteiger partial charge is 0.394 e. The quantitative estimate of drug-likeness (QED) is 0.526. The molecule has 2 aliphatic rings. The van der Waals surface area contributed by atoms with Crippen LogP contribution in [-0.4, -0.2) is 61.6 Å². The van der Waals surface area contributed by atoms with Crippen molar-refractivity contribution in [3.8, 4) is 0 Å². The molecule has 0 radical (unpaired) electrons. The Hall–Kier alpha value is -0.200. The first kappa shape index (κ1) is 19.8. The van der Waals surface area contributed by atoms with E-state index in [-0.39, 0.29) is 6.61 Å². The number of rotatable bonds is 8. The molecular formula is C15H32O5. The van der Waals surface area contributed by atoms with Gasteiger partial charge in [0.05, 0.1) is 39.1 Å². The van der Waals surface area contributed by atoms with Crippen LogP contribution < -0.4 is 0 Å². The number of unbranched alkanes of at least 4 members (excludes halogenated alkanes) is 3. The Morgan fingerprint density at radius 3 is 1.60 bits per heavy atom. The van der Waals surface area contributed by atoms with Gasteiger partial charge in [-0.3, -0.25) is 0 Å². The van der Waals surface area contributed by atoms with Crippen LogP contribution >= 0.6 is 0 Å². The second-order valence-electron chi connectivity index (χ2n) is 5.19. The van der Waals surface area contributed by atoms with Crippen LogP contribution in [0.2, 0.25) is 0 Å².